The maximum absolute atomic E-state index is 5.27. The first-order valence-corrected chi connectivity index (χ1v) is 7.61. The molecule has 0 atom stereocenters. The molecule has 0 aliphatic rings. The van der Waals surface area contributed by atoms with Gasteiger partial charge in [0.25, 0.3) is 0 Å². The highest BCUT2D eigenvalue weighted by molar-refractivity contribution is 7.99. The van der Waals surface area contributed by atoms with Crippen LogP contribution in [0.3, 0.4) is 0 Å². The summed E-state index contributed by atoms with van der Waals surface area (Å²) in [6.45, 7) is 0. The van der Waals surface area contributed by atoms with Gasteiger partial charge in [0.2, 0.25) is 0 Å². The number of terminal acetylenes is 1. The maximum Gasteiger partial charge on any atom is 0.0150 e. The summed E-state index contributed by atoms with van der Waals surface area (Å²) < 4.78 is 0. The molecule has 96 valence electrons. The number of benzene rings is 2. The van der Waals surface area contributed by atoms with Gasteiger partial charge in [0.1, 0.15) is 0 Å². The summed E-state index contributed by atoms with van der Waals surface area (Å²) in [6.07, 6.45) is 8.46. The van der Waals surface area contributed by atoms with Crippen molar-refractivity contribution in [2.24, 2.45) is 0 Å². The Morgan fingerprint density at radius 3 is 2.42 bits per heavy atom. The van der Waals surface area contributed by atoms with Crippen LogP contribution < -0.4 is 0 Å². The smallest absolute Gasteiger partial charge is 0.0150 e. The van der Waals surface area contributed by atoms with Gasteiger partial charge in [-0.1, -0.05) is 48.5 Å². The van der Waals surface area contributed by atoms with Crippen LogP contribution in [0.5, 0.6) is 0 Å². The van der Waals surface area contributed by atoms with E-state index in [4.69, 9.17) is 6.42 Å². The lowest BCUT2D eigenvalue weighted by atomic mass is 10.1. The predicted molar refractivity (Wildman–Crippen MR) is 85.3 cm³/mol. The van der Waals surface area contributed by atoms with Gasteiger partial charge in [-0.15, -0.1) is 24.1 Å². The number of hydrogen-bond acceptors (Lipinski definition) is 1. The Balaban J connectivity index is 2.03. The number of rotatable bonds is 6. The van der Waals surface area contributed by atoms with Crippen molar-refractivity contribution in [2.75, 3.05) is 5.75 Å². The summed E-state index contributed by atoms with van der Waals surface area (Å²) >= 11 is 1.92. The van der Waals surface area contributed by atoms with Crippen LogP contribution in [0, 0.1) is 12.3 Å². The lowest BCUT2D eigenvalue weighted by Gasteiger charge is -2.09. The second-order valence-electron chi connectivity index (χ2n) is 4.37. The van der Waals surface area contributed by atoms with Crippen molar-refractivity contribution in [1.29, 1.82) is 0 Å². The zero-order chi connectivity index (χ0) is 13.3. The Morgan fingerprint density at radius 2 is 1.63 bits per heavy atom. The van der Waals surface area contributed by atoms with Crippen molar-refractivity contribution in [1.82, 2.24) is 0 Å². The van der Waals surface area contributed by atoms with E-state index < -0.39 is 0 Å². The minimum atomic E-state index is 0.890. The first kappa shape index (κ1) is 13.8. The third-order valence-electron chi connectivity index (χ3n) is 2.94. The summed E-state index contributed by atoms with van der Waals surface area (Å²) in [5.74, 6) is 3.82. The summed E-state index contributed by atoms with van der Waals surface area (Å²) in [5, 5.41) is 0. The van der Waals surface area contributed by atoms with E-state index in [1.165, 1.54) is 22.4 Å². The van der Waals surface area contributed by atoms with Crippen molar-refractivity contribution < 1.29 is 0 Å². The second kappa shape index (κ2) is 7.71. The van der Waals surface area contributed by atoms with Gasteiger partial charge in [0.05, 0.1) is 0 Å². The van der Waals surface area contributed by atoms with Crippen LogP contribution in [-0.2, 0) is 0 Å². The normalized spacial score (nSPS) is 10.1. The molecular formula is C18H18S. The SMILES string of the molecule is C#CCCCCSc1ccccc1-c1ccccc1. The molecule has 19 heavy (non-hydrogen) atoms. The summed E-state index contributed by atoms with van der Waals surface area (Å²) in [5.41, 5.74) is 2.61. The van der Waals surface area contributed by atoms with Crippen molar-refractivity contribution in [2.45, 2.75) is 24.2 Å². The Kier molecular flexibility index (Phi) is 5.59. The number of unbranched alkanes of at least 4 members (excludes halogenated alkanes) is 2. The van der Waals surface area contributed by atoms with Gasteiger partial charge in [-0.05, 0) is 35.8 Å². The Bertz CT molecular complexity index is 537. The summed E-state index contributed by atoms with van der Waals surface area (Å²) in [4.78, 5) is 1.36. The first-order chi connectivity index (χ1) is 9.42. The third-order valence-corrected chi connectivity index (χ3v) is 4.10. The van der Waals surface area contributed by atoms with Gasteiger partial charge in [0.15, 0.2) is 0 Å². The average Bonchev–Trinajstić information content (AvgIpc) is 2.48. The standard InChI is InChI=1S/C18H18S/c1-2-3-4-10-15-19-18-14-9-8-13-17(18)16-11-6-5-7-12-16/h1,5-9,11-14H,3-4,10,15H2. The highest BCUT2D eigenvalue weighted by atomic mass is 32.2. The fourth-order valence-electron chi connectivity index (χ4n) is 1.96. The number of hydrogen-bond donors (Lipinski definition) is 0. The molecule has 0 aromatic heterocycles. The summed E-state index contributed by atoms with van der Waals surface area (Å²) in [6, 6.07) is 19.2. The van der Waals surface area contributed by atoms with Crippen LogP contribution in [0.25, 0.3) is 11.1 Å². The van der Waals surface area contributed by atoms with Crippen LogP contribution in [0.15, 0.2) is 59.5 Å². The van der Waals surface area contributed by atoms with Gasteiger partial charge in [-0.3, -0.25) is 0 Å². The topological polar surface area (TPSA) is 0 Å². The molecule has 0 unspecified atom stereocenters. The lowest BCUT2D eigenvalue weighted by Crippen LogP contribution is -1.85. The zero-order valence-corrected chi connectivity index (χ0v) is 11.8. The quantitative estimate of drug-likeness (QED) is 0.391. The van der Waals surface area contributed by atoms with Gasteiger partial charge in [0, 0.05) is 11.3 Å². The summed E-state index contributed by atoms with van der Waals surface area (Å²) in [7, 11) is 0. The van der Waals surface area contributed by atoms with Crippen molar-refractivity contribution in [3.8, 4) is 23.5 Å². The molecular weight excluding hydrogens is 248 g/mol. The van der Waals surface area contributed by atoms with Gasteiger partial charge in [-0.25, -0.2) is 0 Å². The Labute approximate surface area is 120 Å². The van der Waals surface area contributed by atoms with Crippen molar-refractivity contribution in [3.05, 3.63) is 54.6 Å². The van der Waals surface area contributed by atoms with E-state index in [0.29, 0.717) is 0 Å². The molecule has 0 fully saturated rings. The third kappa shape index (κ3) is 4.19. The lowest BCUT2D eigenvalue weighted by molar-refractivity contribution is 0.837. The fraction of sp³-hybridized carbons (Fsp3) is 0.222. The average molecular weight is 266 g/mol. The molecule has 0 aliphatic carbocycles. The second-order valence-corrected chi connectivity index (χ2v) is 5.51. The van der Waals surface area contributed by atoms with Gasteiger partial charge < -0.3 is 0 Å². The van der Waals surface area contributed by atoms with Gasteiger partial charge >= 0.3 is 0 Å². The molecule has 0 saturated heterocycles. The molecule has 0 radical (unpaired) electrons. The predicted octanol–water partition coefficient (Wildman–Crippen LogP) is 5.25. The van der Waals surface area contributed by atoms with Crippen LogP contribution in [-0.4, -0.2) is 5.75 Å². The van der Waals surface area contributed by atoms with E-state index in [0.717, 1.165) is 18.6 Å². The molecule has 1 heteroatoms. The zero-order valence-electron chi connectivity index (χ0n) is 11.0. The monoisotopic (exact) mass is 266 g/mol. The van der Waals surface area contributed by atoms with Crippen molar-refractivity contribution in [3.63, 3.8) is 0 Å². The fourth-order valence-corrected chi connectivity index (χ4v) is 3.04. The van der Waals surface area contributed by atoms with Crippen LogP contribution in [0.1, 0.15) is 19.3 Å². The highest BCUT2D eigenvalue weighted by Gasteiger charge is 2.04. The van der Waals surface area contributed by atoms with E-state index in [-0.39, 0.29) is 0 Å². The van der Waals surface area contributed by atoms with E-state index in [1.807, 2.05) is 11.8 Å². The van der Waals surface area contributed by atoms with E-state index >= 15 is 0 Å². The molecule has 2 aromatic carbocycles. The molecule has 0 spiro atoms. The molecule has 0 N–H and O–H groups in total. The highest BCUT2D eigenvalue weighted by Crippen LogP contribution is 2.31. The molecule has 0 nitrogen and oxygen atoms in total. The first-order valence-electron chi connectivity index (χ1n) is 6.62. The van der Waals surface area contributed by atoms with E-state index in [2.05, 4.69) is 60.5 Å². The minimum Gasteiger partial charge on any atom is -0.126 e. The molecule has 0 saturated carbocycles. The number of thioether (sulfide) groups is 1. The minimum absolute atomic E-state index is 0.890. The molecule has 2 rings (SSSR count). The van der Waals surface area contributed by atoms with Crippen LogP contribution in [0.2, 0.25) is 0 Å². The van der Waals surface area contributed by atoms with Crippen molar-refractivity contribution >= 4 is 11.8 Å². The Morgan fingerprint density at radius 1 is 0.895 bits per heavy atom. The van der Waals surface area contributed by atoms with Gasteiger partial charge in [-0.2, -0.15) is 0 Å². The van der Waals surface area contributed by atoms with E-state index in [1.54, 1.807) is 0 Å². The molecule has 0 heterocycles. The van der Waals surface area contributed by atoms with E-state index in [9.17, 15) is 0 Å². The molecule has 0 aliphatic heterocycles. The Hall–Kier alpha value is -1.65. The molecule has 0 bridgehead atoms. The van der Waals surface area contributed by atoms with Crippen LogP contribution >= 0.6 is 11.8 Å². The largest absolute Gasteiger partial charge is 0.126 e. The molecule has 2 aromatic rings. The maximum atomic E-state index is 5.27. The van der Waals surface area contributed by atoms with Crippen LogP contribution in [0.4, 0.5) is 0 Å². The molecule has 0 amide bonds.